The van der Waals surface area contributed by atoms with Gasteiger partial charge in [-0.25, -0.2) is 4.39 Å². The van der Waals surface area contributed by atoms with Crippen molar-refractivity contribution in [2.75, 3.05) is 7.11 Å². The highest BCUT2D eigenvalue weighted by molar-refractivity contribution is 7.88. The van der Waals surface area contributed by atoms with Crippen LogP contribution in [0.15, 0.2) is 0 Å². The second-order valence-corrected chi connectivity index (χ2v) is 5.91. The highest BCUT2D eigenvalue weighted by Crippen LogP contribution is 2.58. The molecule has 0 aliphatic carbocycles. The van der Waals surface area contributed by atoms with Crippen molar-refractivity contribution in [1.29, 1.82) is 0 Å². The molecule has 23 heavy (non-hydrogen) atoms. The summed E-state index contributed by atoms with van der Waals surface area (Å²) < 4.78 is 154. The molecule has 0 radical (unpaired) electrons. The molecular formula is C8H6F10O4S. The first kappa shape index (κ1) is 21.9. The second-order valence-electron chi connectivity index (χ2n) is 4.10. The van der Waals surface area contributed by atoms with Gasteiger partial charge in [0.25, 0.3) is 0 Å². The fourth-order valence-corrected chi connectivity index (χ4v) is 2.04. The van der Waals surface area contributed by atoms with Crippen LogP contribution in [0.1, 0.15) is 6.92 Å². The van der Waals surface area contributed by atoms with Crippen molar-refractivity contribution in [3.8, 4) is 0 Å². The summed E-state index contributed by atoms with van der Waals surface area (Å²) in [6.45, 7) is -0.973. The largest absolute Gasteiger partial charge is 0.391 e. The van der Waals surface area contributed by atoms with Crippen molar-refractivity contribution in [3.63, 3.8) is 0 Å². The van der Waals surface area contributed by atoms with Gasteiger partial charge in [-0.3, -0.25) is 8.98 Å². The van der Waals surface area contributed by atoms with Gasteiger partial charge in [-0.1, -0.05) is 0 Å². The molecular weight excluding hydrogens is 382 g/mol. The molecule has 0 fully saturated rings. The lowest BCUT2D eigenvalue weighted by molar-refractivity contribution is -0.373. The molecule has 0 N–H and O–H groups in total. The molecule has 0 bridgehead atoms. The molecule has 15 heteroatoms. The van der Waals surface area contributed by atoms with Crippen LogP contribution in [0, 0.1) is 0 Å². The molecule has 1 unspecified atom stereocenters. The maximum atomic E-state index is 13.6. The molecule has 1 atom stereocenters. The topological polar surface area (TPSA) is 60.4 Å². The van der Waals surface area contributed by atoms with Crippen molar-refractivity contribution < 1.29 is 61.3 Å². The average Bonchev–Trinajstić information content (AvgIpc) is 2.34. The maximum Gasteiger partial charge on any atom is 0.391 e. The summed E-state index contributed by atoms with van der Waals surface area (Å²) in [5.74, 6) is -28.0. The summed E-state index contributed by atoms with van der Waals surface area (Å²) in [4.78, 5) is 10.2. The molecule has 0 amide bonds. The van der Waals surface area contributed by atoms with E-state index >= 15 is 0 Å². The van der Waals surface area contributed by atoms with E-state index in [1.165, 1.54) is 0 Å². The van der Waals surface area contributed by atoms with E-state index in [1.807, 2.05) is 0 Å². The average molecular weight is 388 g/mol. The fourth-order valence-electron chi connectivity index (χ4n) is 1.17. The molecule has 0 aliphatic rings. The third-order valence-corrected chi connectivity index (χ3v) is 4.11. The van der Waals surface area contributed by atoms with E-state index in [2.05, 4.69) is 4.18 Å². The molecule has 0 saturated carbocycles. The Hall–Kier alpha value is -1.12. The van der Waals surface area contributed by atoms with Gasteiger partial charge in [-0.2, -0.15) is 47.9 Å². The molecule has 0 aromatic rings. The molecule has 0 aromatic carbocycles. The van der Waals surface area contributed by atoms with Gasteiger partial charge in [0, 0.05) is 6.92 Å². The highest BCUT2D eigenvalue weighted by Gasteiger charge is 2.89. The van der Waals surface area contributed by atoms with Crippen LogP contribution in [-0.2, 0) is 19.1 Å². The zero-order valence-electron chi connectivity index (χ0n) is 10.8. The minimum absolute atomic E-state index is 0.201. The van der Waals surface area contributed by atoms with E-state index in [1.54, 1.807) is 0 Å². The summed E-state index contributed by atoms with van der Waals surface area (Å²) in [5.41, 5.74) is 0. The highest BCUT2D eigenvalue weighted by atomic mass is 32.2. The number of halogens is 10. The van der Waals surface area contributed by atoms with Crippen molar-refractivity contribution in [3.05, 3.63) is 0 Å². The number of hydrogen-bond acceptors (Lipinski definition) is 4. The Kier molecular flexibility index (Phi) is 5.19. The van der Waals surface area contributed by atoms with Crippen LogP contribution >= 0.6 is 0 Å². The van der Waals surface area contributed by atoms with Gasteiger partial charge in [-0.15, -0.1) is 0 Å². The number of alkyl halides is 9. The predicted octanol–water partition coefficient (Wildman–Crippen LogP) is 2.69. The van der Waals surface area contributed by atoms with E-state index in [9.17, 15) is 57.1 Å². The minimum Gasteiger partial charge on any atom is -0.270 e. The predicted molar refractivity (Wildman–Crippen MR) is 51.3 cm³/mol. The number of hydrogen-bond donors (Lipinski definition) is 0. The first-order valence-corrected chi connectivity index (χ1v) is 6.36. The third kappa shape index (κ3) is 2.66. The van der Waals surface area contributed by atoms with Crippen LogP contribution in [0.5, 0.6) is 0 Å². The van der Waals surface area contributed by atoms with Crippen molar-refractivity contribution >= 4 is 16.2 Å². The lowest BCUT2D eigenvalue weighted by atomic mass is 9.96. The van der Waals surface area contributed by atoms with Gasteiger partial charge in [0.15, 0.2) is 0 Å². The summed E-state index contributed by atoms with van der Waals surface area (Å²) in [6, 6.07) is -4.38. The molecule has 0 aromatic heterocycles. The standard InChI is InChI=1S/C8H6F10O4S/c1-4(10,11)6(13,14)8(17,18)7(15,16)5(12,3(9)19)23(20,21)22-2/h1-2H3. The van der Waals surface area contributed by atoms with Crippen LogP contribution in [-0.4, -0.2) is 50.3 Å². The summed E-state index contributed by atoms with van der Waals surface area (Å²) in [7, 11) is -7.11. The lowest BCUT2D eigenvalue weighted by Crippen LogP contribution is -2.71. The first-order valence-electron chi connectivity index (χ1n) is 4.96. The Morgan fingerprint density at radius 2 is 1.17 bits per heavy atom. The Morgan fingerprint density at radius 3 is 1.39 bits per heavy atom. The van der Waals surface area contributed by atoms with Gasteiger partial charge in [0.2, 0.25) is 0 Å². The third-order valence-electron chi connectivity index (χ3n) is 2.56. The molecule has 0 heterocycles. The Labute approximate surface area is 121 Å². The monoisotopic (exact) mass is 388 g/mol. The molecule has 0 spiro atoms. The van der Waals surface area contributed by atoms with E-state index < -0.39 is 51.8 Å². The van der Waals surface area contributed by atoms with Gasteiger partial charge in [0.1, 0.15) is 0 Å². The summed E-state index contributed by atoms with van der Waals surface area (Å²) in [6.07, 6.45) is 0. The second kappa shape index (κ2) is 5.46. The van der Waals surface area contributed by atoms with Gasteiger partial charge in [0.05, 0.1) is 7.11 Å². The van der Waals surface area contributed by atoms with Gasteiger partial charge < -0.3 is 0 Å². The molecule has 138 valence electrons. The maximum absolute atomic E-state index is 13.6. The summed E-state index contributed by atoms with van der Waals surface area (Å²) in [5, 5.41) is -6.70. The van der Waals surface area contributed by atoms with Crippen LogP contribution in [0.4, 0.5) is 43.9 Å². The quantitative estimate of drug-likeness (QED) is 0.382. The first-order chi connectivity index (χ1) is 9.75. The van der Waals surface area contributed by atoms with Gasteiger partial charge >= 0.3 is 44.8 Å². The van der Waals surface area contributed by atoms with E-state index in [-0.39, 0.29) is 7.11 Å². The number of rotatable bonds is 7. The van der Waals surface area contributed by atoms with Crippen LogP contribution in [0.2, 0.25) is 0 Å². The zero-order valence-corrected chi connectivity index (χ0v) is 11.6. The summed E-state index contributed by atoms with van der Waals surface area (Å²) >= 11 is 0. The number of carbonyl (C=O) groups excluding carboxylic acids is 1. The van der Waals surface area contributed by atoms with Gasteiger partial charge in [-0.05, 0) is 0 Å². The van der Waals surface area contributed by atoms with Crippen molar-refractivity contribution in [1.82, 2.24) is 0 Å². The van der Waals surface area contributed by atoms with E-state index in [0.29, 0.717) is 0 Å². The normalized spacial score (nSPS) is 17.7. The van der Waals surface area contributed by atoms with Crippen LogP contribution in [0.3, 0.4) is 0 Å². The minimum atomic E-state index is -7.51. The molecule has 0 saturated heterocycles. The Bertz CT molecular complexity index is 580. The molecule has 4 nitrogen and oxygen atoms in total. The lowest BCUT2D eigenvalue weighted by Gasteiger charge is -2.38. The molecule has 0 rings (SSSR count). The molecule has 0 aliphatic heterocycles. The van der Waals surface area contributed by atoms with E-state index in [0.717, 1.165) is 0 Å². The Morgan fingerprint density at radius 1 is 0.826 bits per heavy atom. The van der Waals surface area contributed by atoms with E-state index in [4.69, 9.17) is 0 Å². The SMILES string of the molecule is COS(=O)(=O)C(F)(C(=O)F)C(F)(F)C(F)(F)C(F)(F)C(C)(F)F. The Balaban J connectivity index is 6.71. The zero-order chi connectivity index (χ0) is 19.3. The van der Waals surface area contributed by atoms with Crippen molar-refractivity contribution in [2.24, 2.45) is 0 Å². The fraction of sp³-hybridized carbons (Fsp3) is 0.875. The van der Waals surface area contributed by atoms with Crippen molar-refractivity contribution in [2.45, 2.75) is 35.6 Å². The smallest absolute Gasteiger partial charge is 0.270 e. The van der Waals surface area contributed by atoms with Crippen LogP contribution < -0.4 is 0 Å². The van der Waals surface area contributed by atoms with Crippen LogP contribution in [0.25, 0.3) is 0 Å². The number of carbonyl (C=O) groups is 1.